The number of hydrogen-bond acceptors (Lipinski definition) is 6. The molecule has 0 aromatic heterocycles. The van der Waals surface area contributed by atoms with Crippen LogP contribution >= 0.6 is 11.6 Å². The third-order valence-electron chi connectivity index (χ3n) is 6.87. The molecule has 2 N–H and O–H groups in total. The highest BCUT2D eigenvalue weighted by Gasteiger charge is 2.38. The molecule has 0 saturated carbocycles. The number of carbonyl (C=O) groups is 6. The summed E-state index contributed by atoms with van der Waals surface area (Å²) in [4.78, 5) is 80.8. The van der Waals surface area contributed by atoms with Gasteiger partial charge in [0.05, 0.1) is 29.2 Å². The third-order valence-corrected chi connectivity index (χ3v) is 7.10. The Morgan fingerprint density at radius 2 is 1.59 bits per heavy atom. The van der Waals surface area contributed by atoms with Crippen LogP contribution in [0.5, 0.6) is 0 Å². The normalized spacial score (nSPS) is 16.9. The first-order valence-corrected chi connectivity index (χ1v) is 12.8. The number of hydrogen-bond donors (Lipinski definition) is 2. The van der Waals surface area contributed by atoms with Crippen molar-refractivity contribution in [3.8, 4) is 0 Å². The fraction of sp³-hybridized carbons (Fsp3) is 0.308. The topological polar surface area (TPSA) is 139 Å². The Bertz CT molecular complexity index is 1390. The van der Waals surface area contributed by atoms with Crippen LogP contribution in [0.25, 0.3) is 0 Å². The SMILES string of the molecule is O=C1CCN(C(=O)CNC(=O)N2CCN(C(=O)CN3C(=O)C(=O)c4cc(Cl)ccc43)CC2)c2ccccc2N1. The molecule has 3 aliphatic rings. The fourth-order valence-corrected chi connectivity index (χ4v) is 4.97. The van der Waals surface area contributed by atoms with Gasteiger partial charge in [-0.15, -0.1) is 0 Å². The lowest BCUT2D eigenvalue weighted by Gasteiger charge is -2.35. The monoisotopic (exact) mass is 552 g/mol. The van der Waals surface area contributed by atoms with Gasteiger partial charge in [-0.1, -0.05) is 23.7 Å². The molecule has 2 aromatic rings. The molecule has 1 fully saturated rings. The molecule has 3 aliphatic heterocycles. The van der Waals surface area contributed by atoms with E-state index in [1.54, 1.807) is 30.3 Å². The van der Waals surface area contributed by atoms with E-state index in [2.05, 4.69) is 10.6 Å². The summed E-state index contributed by atoms with van der Waals surface area (Å²) in [6, 6.07) is 11.0. The van der Waals surface area contributed by atoms with Crippen LogP contribution in [-0.4, -0.2) is 91.1 Å². The van der Waals surface area contributed by atoms with E-state index in [1.807, 2.05) is 0 Å². The van der Waals surface area contributed by atoms with Crippen molar-refractivity contribution in [3.05, 3.63) is 53.1 Å². The molecule has 1 saturated heterocycles. The van der Waals surface area contributed by atoms with Gasteiger partial charge in [0.2, 0.25) is 17.7 Å². The van der Waals surface area contributed by atoms with Gasteiger partial charge in [-0.2, -0.15) is 0 Å². The minimum Gasteiger partial charge on any atom is -0.338 e. The highest BCUT2D eigenvalue weighted by Crippen LogP contribution is 2.31. The molecule has 0 bridgehead atoms. The minimum absolute atomic E-state index is 0.140. The predicted molar refractivity (Wildman–Crippen MR) is 142 cm³/mol. The van der Waals surface area contributed by atoms with Crippen molar-refractivity contribution in [2.75, 3.05) is 60.9 Å². The van der Waals surface area contributed by atoms with Crippen molar-refractivity contribution in [1.82, 2.24) is 15.1 Å². The number of nitrogens with zero attached hydrogens (tertiary/aromatic N) is 4. The van der Waals surface area contributed by atoms with Gasteiger partial charge in [-0.05, 0) is 30.3 Å². The summed E-state index contributed by atoms with van der Waals surface area (Å²) in [6.07, 6.45) is 0.140. The Labute approximate surface area is 228 Å². The molecular formula is C26H25ClN6O6. The molecule has 0 atom stereocenters. The summed E-state index contributed by atoms with van der Waals surface area (Å²) in [7, 11) is 0. The van der Waals surface area contributed by atoms with Crippen molar-refractivity contribution in [3.63, 3.8) is 0 Å². The molecule has 0 radical (unpaired) electrons. The van der Waals surface area contributed by atoms with E-state index in [0.717, 1.165) is 4.90 Å². The molecular weight excluding hydrogens is 528 g/mol. The fourth-order valence-electron chi connectivity index (χ4n) is 4.80. The van der Waals surface area contributed by atoms with Gasteiger partial charge in [0.15, 0.2) is 0 Å². The first-order valence-electron chi connectivity index (χ1n) is 12.4. The van der Waals surface area contributed by atoms with E-state index in [0.29, 0.717) is 22.1 Å². The maximum atomic E-state index is 12.9. The highest BCUT2D eigenvalue weighted by atomic mass is 35.5. The summed E-state index contributed by atoms with van der Waals surface area (Å²) in [5.41, 5.74) is 1.62. The number of urea groups is 1. The van der Waals surface area contributed by atoms with Gasteiger partial charge in [0.1, 0.15) is 6.54 Å². The number of para-hydroxylation sites is 2. The number of anilines is 3. The molecule has 6 amide bonds. The van der Waals surface area contributed by atoms with Crippen molar-refractivity contribution < 1.29 is 28.8 Å². The van der Waals surface area contributed by atoms with E-state index < -0.39 is 17.7 Å². The maximum Gasteiger partial charge on any atom is 0.317 e. The van der Waals surface area contributed by atoms with Gasteiger partial charge in [-0.3, -0.25) is 28.9 Å². The molecule has 3 heterocycles. The van der Waals surface area contributed by atoms with Gasteiger partial charge < -0.3 is 25.3 Å². The van der Waals surface area contributed by atoms with E-state index in [1.165, 1.54) is 26.8 Å². The second-order valence-corrected chi connectivity index (χ2v) is 9.71. The quantitative estimate of drug-likeness (QED) is 0.545. The second-order valence-electron chi connectivity index (χ2n) is 9.27. The van der Waals surface area contributed by atoms with Crippen LogP contribution in [0.2, 0.25) is 5.02 Å². The number of fused-ring (bicyclic) bond motifs is 2. The van der Waals surface area contributed by atoms with E-state index in [-0.39, 0.29) is 75.5 Å². The second kappa shape index (κ2) is 10.7. The molecule has 13 heteroatoms. The number of piperazine rings is 1. The Morgan fingerprint density at radius 3 is 2.36 bits per heavy atom. The summed E-state index contributed by atoms with van der Waals surface area (Å²) in [5, 5.41) is 5.72. The molecule has 0 aliphatic carbocycles. The zero-order valence-electron chi connectivity index (χ0n) is 20.8. The zero-order chi connectivity index (χ0) is 27.7. The van der Waals surface area contributed by atoms with Crippen molar-refractivity contribution in [1.29, 1.82) is 0 Å². The van der Waals surface area contributed by atoms with Crippen LogP contribution in [0.4, 0.5) is 21.9 Å². The largest absolute Gasteiger partial charge is 0.338 e. The number of amides is 6. The molecule has 2 aromatic carbocycles. The summed E-state index contributed by atoms with van der Waals surface area (Å²) >= 11 is 5.93. The van der Waals surface area contributed by atoms with Crippen LogP contribution < -0.4 is 20.4 Å². The minimum atomic E-state index is -0.782. The van der Waals surface area contributed by atoms with Gasteiger partial charge in [-0.25, -0.2) is 4.79 Å². The van der Waals surface area contributed by atoms with E-state index in [4.69, 9.17) is 11.6 Å². The van der Waals surface area contributed by atoms with E-state index in [9.17, 15) is 28.8 Å². The molecule has 5 rings (SSSR count). The standard InChI is InChI=1S/C26H25ClN6O6/c27-16-5-6-19-17(13-16)24(37)25(38)33(19)15-23(36)30-9-11-31(12-10-30)26(39)28-14-22(35)32-8-7-21(34)29-18-3-1-2-4-20(18)32/h1-6,13H,7-12,14-15H2,(H,28,39)(H,29,34). The van der Waals surface area contributed by atoms with Crippen LogP contribution in [0.1, 0.15) is 16.8 Å². The third kappa shape index (κ3) is 5.28. The van der Waals surface area contributed by atoms with Crippen molar-refractivity contribution in [2.45, 2.75) is 6.42 Å². The number of carbonyl (C=O) groups excluding carboxylic acids is 6. The summed E-state index contributed by atoms with van der Waals surface area (Å²) in [5.74, 6) is -2.38. The van der Waals surface area contributed by atoms with Crippen molar-refractivity contribution in [2.24, 2.45) is 0 Å². The first kappa shape index (κ1) is 26.2. The lowest BCUT2D eigenvalue weighted by Crippen LogP contribution is -2.55. The summed E-state index contributed by atoms with van der Waals surface area (Å²) < 4.78 is 0. The van der Waals surface area contributed by atoms with E-state index >= 15 is 0 Å². The molecule has 39 heavy (non-hydrogen) atoms. The Hall–Kier alpha value is -4.45. The number of rotatable bonds is 4. The van der Waals surface area contributed by atoms with Crippen molar-refractivity contribution >= 4 is 64.1 Å². The average molecular weight is 553 g/mol. The van der Waals surface area contributed by atoms with Crippen LogP contribution in [0.3, 0.4) is 0 Å². The Balaban J connectivity index is 1.12. The lowest BCUT2D eigenvalue weighted by atomic mass is 10.1. The lowest BCUT2D eigenvalue weighted by molar-refractivity contribution is -0.132. The van der Waals surface area contributed by atoms with Gasteiger partial charge in [0.25, 0.3) is 11.7 Å². The number of benzene rings is 2. The molecule has 0 spiro atoms. The van der Waals surface area contributed by atoms with Gasteiger partial charge >= 0.3 is 6.03 Å². The first-order chi connectivity index (χ1) is 18.7. The summed E-state index contributed by atoms with van der Waals surface area (Å²) in [6.45, 7) is 0.573. The Kier molecular flexibility index (Phi) is 7.20. The maximum absolute atomic E-state index is 12.9. The number of halogens is 1. The molecule has 202 valence electrons. The number of nitrogens with one attached hydrogen (secondary N) is 2. The zero-order valence-corrected chi connectivity index (χ0v) is 21.6. The number of Topliss-reactive ketones (excluding diaryl/α,β-unsaturated/α-hetero) is 1. The average Bonchev–Trinajstić information content (AvgIpc) is 3.06. The predicted octanol–water partition coefficient (Wildman–Crippen LogP) is 1.10. The van der Waals surface area contributed by atoms with Crippen LogP contribution in [-0.2, 0) is 19.2 Å². The van der Waals surface area contributed by atoms with Crippen LogP contribution in [0, 0.1) is 0 Å². The highest BCUT2D eigenvalue weighted by molar-refractivity contribution is 6.53. The molecule has 12 nitrogen and oxygen atoms in total. The smallest absolute Gasteiger partial charge is 0.317 e. The Morgan fingerprint density at radius 1 is 0.872 bits per heavy atom. The van der Waals surface area contributed by atoms with Crippen LogP contribution in [0.15, 0.2) is 42.5 Å². The molecule has 0 unspecified atom stereocenters. The number of ketones is 1. The van der Waals surface area contributed by atoms with Gasteiger partial charge in [0, 0.05) is 44.2 Å².